The Labute approximate surface area is 113 Å². The Kier molecular flexibility index (Phi) is 3.46. The molecule has 2 aromatic heterocycles. The van der Waals surface area contributed by atoms with E-state index in [1.54, 1.807) is 6.07 Å². The van der Waals surface area contributed by atoms with Crippen molar-refractivity contribution >= 4 is 11.7 Å². The van der Waals surface area contributed by atoms with Crippen LogP contribution in [0.5, 0.6) is 0 Å². The van der Waals surface area contributed by atoms with Gasteiger partial charge in [-0.25, -0.2) is 0 Å². The predicted molar refractivity (Wildman–Crippen MR) is 75.3 cm³/mol. The van der Waals surface area contributed by atoms with E-state index in [1.807, 2.05) is 29.8 Å². The predicted octanol–water partition coefficient (Wildman–Crippen LogP) is 2.78. The van der Waals surface area contributed by atoms with Crippen LogP contribution in [0.4, 0.5) is 5.82 Å². The zero-order valence-electron chi connectivity index (χ0n) is 11.8. The van der Waals surface area contributed by atoms with Gasteiger partial charge in [0.05, 0.1) is 0 Å². The highest BCUT2D eigenvalue weighted by Gasteiger charge is 2.18. The lowest BCUT2D eigenvalue weighted by molar-refractivity contribution is 0.101. The lowest BCUT2D eigenvalue weighted by atomic mass is 9.92. The van der Waals surface area contributed by atoms with Gasteiger partial charge in [-0.3, -0.25) is 9.89 Å². The van der Waals surface area contributed by atoms with Crippen LogP contribution in [0.25, 0.3) is 0 Å². The molecule has 0 aliphatic heterocycles. The number of nitrogens with one attached hydrogen (secondary N) is 2. The zero-order valence-corrected chi connectivity index (χ0v) is 11.8. The summed E-state index contributed by atoms with van der Waals surface area (Å²) in [5, 5.41) is 9.88. The molecule has 19 heavy (non-hydrogen) atoms. The number of carbonyl (C=O) groups is 1. The van der Waals surface area contributed by atoms with Crippen molar-refractivity contribution in [3.05, 3.63) is 35.8 Å². The monoisotopic (exact) mass is 260 g/mol. The van der Waals surface area contributed by atoms with Crippen LogP contribution in [0.1, 0.15) is 43.9 Å². The van der Waals surface area contributed by atoms with Crippen LogP contribution < -0.4 is 5.32 Å². The fourth-order valence-electron chi connectivity index (χ4n) is 1.85. The number of carbonyl (C=O) groups excluding carboxylic acids is 1. The molecule has 1 amide bonds. The number of aromatic nitrogens is 3. The number of H-pyrrole nitrogens is 1. The maximum atomic E-state index is 12.1. The largest absolute Gasteiger partial charge is 0.344 e. The van der Waals surface area contributed by atoms with Crippen LogP contribution in [0.2, 0.25) is 0 Å². The molecular weight excluding hydrogens is 240 g/mol. The lowest BCUT2D eigenvalue weighted by Gasteiger charge is -2.14. The summed E-state index contributed by atoms with van der Waals surface area (Å²) < 4.78 is 1.90. The number of aryl methyl sites for hydroxylation is 1. The van der Waals surface area contributed by atoms with Crippen LogP contribution in [0.15, 0.2) is 24.4 Å². The highest BCUT2D eigenvalue weighted by atomic mass is 16.2. The van der Waals surface area contributed by atoms with Gasteiger partial charge in [0.2, 0.25) is 0 Å². The van der Waals surface area contributed by atoms with Crippen molar-refractivity contribution in [1.29, 1.82) is 0 Å². The van der Waals surface area contributed by atoms with Gasteiger partial charge < -0.3 is 9.88 Å². The maximum Gasteiger partial charge on any atom is 0.273 e. The number of hydrogen-bond acceptors (Lipinski definition) is 2. The molecule has 5 nitrogen and oxygen atoms in total. The zero-order chi connectivity index (χ0) is 14.0. The van der Waals surface area contributed by atoms with E-state index in [2.05, 4.69) is 36.3 Å². The first-order valence-corrected chi connectivity index (χ1v) is 6.44. The van der Waals surface area contributed by atoms with E-state index in [-0.39, 0.29) is 11.3 Å². The van der Waals surface area contributed by atoms with Crippen LogP contribution >= 0.6 is 0 Å². The molecule has 0 fully saturated rings. The molecule has 5 heteroatoms. The van der Waals surface area contributed by atoms with E-state index in [0.717, 1.165) is 12.2 Å². The van der Waals surface area contributed by atoms with E-state index < -0.39 is 0 Å². The first-order chi connectivity index (χ1) is 8.91. The quantitative estimate of drug-likeness (QED) is 0.891. The average molecular weight is 260 g/mol. The fraction of sp³-hybridized carbons (Fsp3) is 0.429. The van der Waals surface area contributed by atoms with Crippen molar-refractivity contribution in [1.82, 2.24) is 14.8 Å². The smallest absolute Gasteiger partial charge is 0.273 e. The van der Waals surface area contributed by atoms with Gasteiger partial charge in [-0.2, -0.15) is 5.10 Å². The third kappa shape index (κ3) is 2.86. The number of aromatic amines is 1. The lowest BCUT2D eigenvalue weighted by Crippen LogP contribution is -2.16. The molecule has 0 spiro atoms. The molecule has 0 saturated heterocycles. The summed E-state index contributed by atoms with van der Waals surface area (Å²) in [6.45, 7) is 9.05. The molecule has 102 valence electrons. The van der Waals surface area contributed by atoms with Gasteiger partial charge in [-0.05, 0) is 19.1 Å². The van der Waals surface area contributed by atoms with E-state index in [1.165, 1.54) is 0 Å². The molecule has 2 heterocycles. The standard InChI is InChI=1S/C14H20N4O/c1-5-18-8-6-7-10(18)13(19)15-12-9-11(16-17-12)14(2,3)4/h6-9H,5H2,1-4H3,(H2,15,16,17,19). The van der Waals surface area contributed by atoms with Crippen molar-refractivity contribution in [3.8, 4) is 0 Å². The molecule has 0 aliphatic carbocycles. The van der Waals surface area contributed by atoms with Gasteiger partial charge in [-0.1, -0.05) is 20.8 Å². The Bertz CT molecular complexity index is 574. The molecule has 0 aliphatic rings. The van der Waals surface area contributed by atoms with E-state index in [4.69, 9.17) is 0 Å². The number of amides is 1. The molecule has 2 rings (SSSR count). The van der Waals surface area contributed by atoms with Gasteiger partial charge in [0.15, 0.2) is 5.82 Å². The van der Waals surface area contributed by atoms with Gasteiger partial charge >= 0.3 is 0 Å². The van der Waals surface area contributed by atoms with Crippen molar-refractivity contribution in [2.24, 2.45) is 0 Å². The Balaban J connectivity index is 2.14. The molecule has 0 saturated carbocycles. The minimum atomic E-state index is -0.140. The minimum Gasteiger partial charge on any atom is -0.344 e. The molecule has 0 unspecified atom stereocenters. The normalized spacial score (nSPS) is 11.6. The summed E-state index contributed by atoms with van der Waals surface area (Å²) in [7, 11) is 0. The van der Waals surface area contributed by atoms with Crippen LogP contribution in [0, 0.1) is 0 Å². The highest BCUT2D eigenvalue weighted by Crippen LogP contribution is 2.22. The second-order valence-corrected chi connectivity index (χ2v) is 5.55. The fourth-order valence-corrected chi connectivity index (χ4v) is 1.85. The SMILES string of the molecule is CCn1cccc1C(=O)Nc1cc(C(C)(C)C)[nH]n1. The van der Waals surface area contributed by atoms with Gasteiger partial charge in [0.1, 0.15) is 5.69 Å². The number of rotatable bonds is 3. The van der Waals surface area contributed by atoms with Crippen molar-refractivity contribution in [3.63, 3.8) is 0 Å². The second-order valence-electron chi connectivity index (χ2n) is 5.55. The summed E-state index contributed by atoms with van der Waals surface area (Å²) in [6.07, 6.45) is 1.89. The van der Waals surface area contributed by atoms with Crippen molar-refractivity contribution in [2.75, 3.05) is 5.32 Å². The number of anilines is 1. The van der Waals surface area contributed by atoms with E-state index >= 15 is 0 Å². The number of hydrogen-bond donors (Lipinski definition) is 2. The molecule has 2 N–H and O–H groups in total. The molecular formula is C14H20N4O. The van der Waals surface area contributed by atoms with Crippen LogP contribution in [-0.2, 0) is 12.0 Å². The van der Waals surface area contributed by atoms with Crippen LogP contribution in [0.3, 0.4) is 0 Å². The molecule has 0 bridgehead atoms. The van der Waals surface area contributed by atoms with Crippen molar-refractivity contribution < 1.29 is 4.79 Å². The Hall–Kier alpha value is -2.04. The molecule has 0 radical (unpaired) electrons. The molecule has 0 atom stereocenters. The third-order valence-corrected chi connectivity index (χ3v) is 3.03. The molecule has 0 aromatic carbocycles. The van der Waals surface area contributed by atoms with Gasteiger partial charge in [0.25, 0.3) is 5.91 Å². The summed E-state index contributed by atoms with van der Waals surface area (Å²) in [5.74, 6) is 0.414. The third-order valence-electron chi connectivity index (χ3n) is 3.03. The second kappa shape index (κ2) is 4.91. The van der Waals surface area contributed by atoms with Gasteiger partial charge in [0, 0.05) is 29.9 Å². The molecule has 2 aromatic rings. The first-order valence-electron chi connectivity index (χ1n) is 6.44. The first kappa shape index (κ1) is 13.4. The topological polar surface area (TPSA) is 62.7 Å². The number of nitrogens with zero attached hydrogens (tertiary/aromatic N) is 2. The Morgan fingerprint density at radius 2 is 2.21 bits per heavy atom. The summed E-state index contributed by atoms with van der Waals surface area (Å²) in [5.41, 5.74) is 1.62. The van der Waals surface area contributed by atoms with Crippen molar-refractivity contribution in [2.45, 2.75) is 39.7 Å². The van der Waals surface area contributed by atoms with Gasteiger partial charge in [-0.15, -0.1) is 0 Å². The summed E-state index contributed by atoms with van der Waals surface area (Å²) >= 11 is 0. The highest BCUT2D eigenvalue weighted by molar-refractivity contribution is 6.02. The summed E-state index contributed by atoms with van der Waals surface area (Å²) in [4.78, 5) is 12.1. The van der Waals surface area contributed by atoms with Crippen LogP contribution in [-0.4, -0.2) is 20.7 Å². The van der Waals surface area contributed by atoms with E-state index in [9.17, 15) is 4.79 Å². The average Bonchev–Trinajstić information content (AvgIpc) is 2.95. The summed E-state index contributed by atoms with van der Waals surface area (Å²) in [6, 6.07) is 5.54. The maximum absolute atomic E-state index is 12.1. The minimum absolute atomic E-state index is 0.0143. The Morgan fingerprint density at radius 3 is 2.79 bits per heavy atom. The van der Waals surface area contributed by atoms with E-state index in [0.29, 0.717) is 11.5 Å². The Morgan fingerprint density at radius 1 is 1.47 bits per heavy atom.